The molecule has 0 aromatic carbocycles. The third-order valence-corrected chi connectivity index (χ3v) is 8.68. The van der Waals surface area contributed by atoms with Gasteiger partial charge in [0.15, 0.2) is 12.4 Å². The van der Waals surface area contributed by atoms with E-state index in [9.17, 15) is 37.9 Å². The second-order valence-corrected chi connectivity index (χ2v) is 14.4. The molecule has 1 fully saturated rings. The maximum Gasteiger partial charge on any atom is 0.306 e. The highest BCUT2D eigenvalue weighted by molar-refractivity contribution is 7.85. The average Bonchev–Trinajstić information content (AvgIpc) is 3.17. The van der Waals surface area contributed by atoms with E-state index in [0.717, 1.165) is 32.1 Å². The van der Waals surface area contributed by atoms with E-state index in [1.165, 1.54) is 0 Å². The van der Waals surface area contributed by atoms with Crippen molar-refractivity contribution >= 4 is 22.1 Å². The number of ether oxygens (including phenoxy) is 4. The molecule has 0 radical (unpaired) electrons. The van der Waals surface area contributed by atoms with Crippen molar-refractivity contribution in [2.24, 2.45) is 0 Å². The maximum atomic E-state index is 12.7. The van der Waals surface area contributed by atoms with Gasteiger partial charge in [-0.2, -0.15) is 8.42 Å². The molecule has 318 valence electrons. The van der Waals surface area contributed by atoms with Gasteiger partial charge in [0, 0.05) is 12.8 Å². The topological polar surface area (TPSA) is 186 Å². The van der Waals surface area contributed by atoms with Gasteiger partial charge >= 0.3 is 11.9 Å². The fraction of sp³-hybridized carbons (Fsp3) is 0.500. The molecule has 6 atom stereocenters. The summed E-state index contributed by atoms with van der Waals surface area (Å²) in [5.41, 5.74) is 0. The lowest BCUT2D eigenvalue weighted by molar-refractivity contribution is -0.297. The lowest BCUT2D eigenvalue weighted by atomic mass is 10.00. The number of aliphatic hydroxyl groups excluding tert-OH is 3. The molecule has 57 heavy (non-hydrogen) atoms. The molecule has 4 N–H and O–H groups in total. The third kappa shape index (κ3) is 28.2. The number of aliphatic hydroxyl groups is 3. The summed E-state index contributed by atoms with van der Waals surface area (Å²) in [5.74, 6) is -2.21. The third-order valence-electron chi connectivity index (χ3n) is 7.93. The number of carbonyl (C=O) groups excluding carboxylic acids is 2. The molecule has 0 aliphatic carbocycles. The Morgan fingerprint density at radius 1 is 0.614 bits per heavy atom. The van der Waals surface area contributed by atoms with Gasteiger partial charge in [-0.05, 0) is 57.8 Å². The second kappa shape index (κ2) is 33.1. The normalized spacial score (nSPS) is 21.8. The van der Waals surface area contributed by atoms with E-state index in [2.05, 4.69) is 62.5 Å². The van der Waals surface area contributed by atoms with Crippen LogP contribution < -0.4 is 0 Å². The summed E-state index contributed by atoms with van der Waals surface area (Å²) in [6.45, 7) is 3.32. The number of unbranched alkanes of at least 4 members (excludes halogenated alkanes) is 1. The van der Waals surface area contributed by atoms with Crippen LogP contribution in [0.3, 0.4) is 0 Å². The smallest absolute Gasteiger partial charge is 0.306 e. The van der Waals surface area contributed by atoms with Gasteiger partial charge in [0.05, 0.1) is 6.61 Å². The van der Waals surface area contributed by atoms with Crippen LogP contribution in [0.2, 0.25) is 0 Å². The van der Waals surface area contributed by atoms with Crippen LogP contribution in [0, 0.1) is 0 Å². The van der Waals surface area contributed by atoms with Crippen LogP contribution in [0.1, 0.15) is 84.5 Å². The van der Waals surface area contributed by atoms with Crippen molar-refractivity contribution < 1.29 is 56.8 Å². The predicted molar refractivity (Wildman–Crippen MR) is 223 cm³/mol. The molecule has 1 aliphatic heterocycles. The van der Waals surface area contributed by atoms with E-state index in [1.807, 2.05) is 72.9 Å². The van der Waals surface area contributed by atoms with Crippen LogP contribution in [-0.2, 0) is 38.7 Å². The summed E-state index contributed by atoms with van der Waals surface area (Å²) >= 11 is 0. The molecule has 1 aliphatic rings. The van der Waals surface area contributed by atoms with Crippen molar-refractivity contribution in [3.8, 4) is 0 Å². The molecule has 1 rings (SSSR count). The van der Waals surface area contributed by atoms with Gasteiger partial charge in [-0.1, -0.05) is 135 Å². The summed E-state index contributed by atoms with van der Waals surface area (Å²) in [5, 5.41) is 30.8. The Labute approximate surface area is 339 Å². The first kappa shape index (κ1) is 51.1. The van der Waals surface area contributed by atoms with Crippen molar-refractivity contribution in [3.63, 3.8) is 0 Å². The fourth-order valence-corrected chi connectivity index (χ4v) is 5.62. The van der Waals surface area contributed by atoms with E-state index in [4.69, 9.17) is 18.9 Å². The zero-order chi connectivity index (χ0) is 42.0. The van der Waals surface area contributed by atoms with Crippen molar-refractivity contribution in [2.45, 2.75) is 121 Å². The van der Waals surface area contributed by atoms with Crippen LogP contribution in [0.25, 0.3) is 0 Å². The molecule has 1 saturated heterocycles. The molecule has 0 bridgehead atoms. The molecule has 0 spiro atoms. The van der Waals surface area contributed by atoms with Crippen LogP contribution in [0.4, 0.5) is 0 Å². The molecule has 0 aromatic heterocycles. The molecule has 0 amide bonds. The number of hydrogen-bond donors (Lipinski definition) is 4. The highest BCUT2D eigenvalue weighted by atomic mass is 32.2. The van der Waals surface area contributed by atoms with Gasteiger partial charge in [0.2, 0.25) is 0 Å². The predicted octanol–water partition coefficient (Wildman–Crippen LogP) is 7.05. The van der Waals surface area contributed by atoms with Crippen molar-refractivity contribution in [2.75, 3.05) is 19.0 Å². The summed E-state index contributed by atoms with van der Waals surface area (Å²) in [7, 11) is -4.62. The molecule has 0 aromatic rings. The number of carbonyl (C=O) groups is 2. The number of rotatable bonds is 29. The van der Waals surface area contributed by atoms with Crippen molar-refractivity contribution in [1.82, 2.24) is 0 Å². The molecule has 0 saturated carbocycles. The zero-order valence-corrected chi connectivity index (χ0v) is 34.2. The lowest BCUT2D eigenvalue weighted by Crippen LogP contribution is -2.60. The number of hydrogen-bond acceptors (Lipinski definition) is 11. The minimum Gasteiger partial charge on any atom is -0.462 e. The Morgan fingerprint density at radius 2 is 1.14 bits per heavy atom. The van der Waals surface area contributed by atoms with Gasteiger partial charge < -0.3 is 34.3 Å². The summed E-state index contributed by atoms with van der Waals surface area (Å²) in [4.78, 5) is 25.2. The van der Waals surface area contributed by atoms with E-state index in [-0.39, 0.29) is 19.4 Å². The first-order valence-corrected chi connectivity index (χ1v) is 21.3. The second-order valence-electron chi connectivity index (χ2n) is 12.9. The summed E-state index contributed by atoms with van der Waals surface area (Å²) in [6.07, 6.45) is 37.1. The zero-order valence-electron chi connectivity index (χ0n) is 33.4. The van der Waals surface area contributed by atoms with E-state index < -0.39 is 71.2 Å². The van der Waals surface area contributed by atoms with Crippen molar-refractivity contribution in [1.29, 1.82) is 0 Å². The SMILES string of the molecule is CC/C=C/C=C/C=C/C=C/C=C/CCCC(=O)OC(COC(=O)CC/C=C/C/C=C/C/C=C/C/C=C/C/C=C/CC)CO[C@H]1O[C@H](CS(=O)(=O)O)[C@@H](O)C(O)C1O. The highest BCUT2D eigenvalue weighted by Crippen LogP contribution is 2.23. The van der Waals surface area contributed by atoms with Crippen LogP contribution in [0.15, 0.2) is 122 Å². The number of esters is 2. The maximum absolute atomic E-state index is 12.7. The quantitative estimate of drug-likeness (QED) is 0.0199. The lowest BCUT2D eigenvalue weighted by Gasteiger charge is -2.40. The summed E-state index contributed by atoms with van der Waals surface area (Å²) < 4.78 is 53.7. The molecule has 1 heterocycles. The first-order valence-electron chi connectivity index (χ1n) is 19.7. The molecule has 13 heteroatoms. The van der Waals surface area contributed by atoms with Gasteiger partial charge in [0.25, 0.3) is 10.1 Å². The van der Waals surface area contributed by atoms with E-state index in [1.54, 1.807) is 0 Å². The minimum absolute atomic E-state index is 0.0441. The van der Waals surface area contributed by atoms with E-state index >= 15 is 0 Å². The van der Waals surface area contributed by atoms with Crippen LogP contribution >= 0.6 is 0 Å². The Bertz CT molecular complexity index is 1520. The highest BCUT2D eigenvalue weighted by Gasteiger charge is 2.46. The van der Waals surface area contributed by atoms with Gasteiger partial charge in [-0.15, -0.1) is 0 Å². The van der Waals surface area contributed by atoms with Gasteiger partial charge in [0.1, 0.15) is 36.8 Å². The molecule has 12 nitrogen and oxygen atoms in total. The minimum atomic E-state index is -4.62. The molecular formula is C44H64O12S. The molecular weight excluding hydrogens is 753 g/mol. The Balaban J connectivity index is 2.63. The van der Waals surface area contributed by atoms with Gasteiger partial charge in [-0.25, -0.2) is 0 Å². The number of allylic oxidation sites excluding steroid dienone is 20. The summed E-state index contributed by atoms with van der Waals surface area (Å²) in [6, 6.07) is 0. The fourth-order valence-electron chi connectivity index (χ4n) is 4.93. The monoisotopic (exact) mass is 816 g/mol. The Hall–Kier alpha value is -3.95. The van der Waals surface area contributed by atoms with E-state index in [0.29, 0.717) is 25.7 Å². The largest absolute Gasteiger partial charge is 0.462 e. The Morgan fingerprint density at radius 3 is 1.70 bits per heavy atom. The van der Waals surface area contributed by atoms with Crippen LogP contribution in [-0.4, -0.2) is 96.0 Å². The van der Waals surface area contributed by atoms with Gasteiger partial charge in [-0.3, -0.25) is 14.1 Å². The Kier molecular flexibility index (Phi) is 29.6. The standard InChI is InChI=1S/C44H64O12S/c1-3-5-7-9-11-13-15-17-18-19-21-22-24-26-28-30-32-39(45)53-34-37(35-54-44-43(49)42(48)41(47)38(56-44)36-57(50,51)52)55-40(46)33-31-29-27-25-23-20-16-14-12-10-8-6-4-2/h5-8,10-14,16-18,20-23,25-28,37-38,41-44,47-49H,3-4,9,15,19,24,29-36H2,1-2H3,(H,50,51,52)/b7-5+,8-6+,12-10+,13-11+,16-14+,18-17+,22-21+,23-20+,27-25+,28-26+/t37?,38-,41-,42?,43?,44+/m1/s1. The average molecular weight is 817 g/mol. The van der Waals surface area contributed by atoms with Crippen molar-refractivity contribution in [3.05, 3.63) is 122 Å². The molecule has 3 unspecified atom stereocenters. The van der Waals surface area contributed by atoms with Crippen LogP contribution in [0.5, 0.6) is 0 Å². The first-order chi connectivity index (χ1) is 27.5.